The molecule has 0 aliphatic carbocycles. The molecule has 1 heterocycles. The van der Waals surface area contributed by atoms with Crippen LogP contribution in [0.3, 0.4) is 0 Å². The first-order valence-corrected chi connectivity index (χ1v) is 5.95. The minimum atomic E-state index is -0.249. The standard InChI is InChI=1S/C14H15N3O2/c1-2-19-12-6-4-3-5-11(12)17-14(18)10-7-8-16-13(15)9-10/h3-9H,2H2,1H3,(H2,15,16)(H,17,18). The van der Waals surface area contributed by atoms with Crippen LogP contribution in [0.4, 0.5) is 11.5 Å². The molecular weight excluding hydrogens is 242 g/mol. The van der Waals surface area contributed by atoms with Gasteiger partial charge in [0.2, 0.25) is 0 Å². The van der Waals surface area contributed by atoms with Gasteiger partial charge in [0.25, 0.3) is 5.91 Å². The van der Waals surface area contributed by atoms with Crippen molar-refractivity contribution in [3.63, 3.8) is 0 Å². The number of carbonyl (C=O) groups is 1. The van der Waals surface area contributed by atoms with Crippen molar-refractivity contribution in [1.29, 1.82) is 0 Å². The van der Waals surface area contributed by atoms with Crippen LogP contribution in [0.1, 0.15) is 17.3 Å². The van der Waals surface area contributed by atoms with Crippen LogP contribution in [0.15, 0.2) is 42.6 Å². The molecule has 1 aromatic carbocycles. The lowest BCUT2D eigenvalue weighted by molar-refractivity contribution is 0.102. The Balaban J connectivity index is 2.19. The number of hydrogen-bond acceptors (Lipinski definition) is 4. The first-order valence-electron chi connectivity index (χ1n) is 5.95. The summed E-state index contributed by atoms with van der Waals surface area (Å²) in [5.41, 5.74) is 6.64. The number of pyridine rings is 1. The highest BCUT2D eigenvalue weighted by atomic mass is 16.5. The number of nitrogens with zero attached hydrogens (tertiary/aromatic N) is 1. The van der Waals surface area contributed by atoms with Gasteiger partial charge in [-0.15, -0.1) is 0 Å². The van der Waals surface area contributed by atoms with E-state index in [9.17, 15) is 4.79 Å². The van der Waals surface area contributed by atoms with E-state index in [1.807, 2.05) is 19.1 Å². The Labute approximate surface area is 111 Å². The lowest BCUT2D eigenvalue weighted by Crippen LogP contribution is -2.13. The summed E-state index contributed by atoms with van der Waals surface area (Å²) in [6.07, 6.45) is 1.50. The van der Waals surface area contributed by atoms with Crippen LogP contribution in [0.25, 0.3) is 0 Å². The van der Waals surface area contributed by atoms with Crippen molar-refractivity contribution in [1.82, 2.24) is 4.98 Å². The molecule has 5 nitrogen and oxygen atoms in total. The average Bonchev–Trinajstić information content (AvgIpc) is 2.41. The molecule has 19 heavy (non-hydrogen) atoms. The number of anilines is 2. The van der Waals surface area contributed by atoms with Crippen LogP contribution in [0.5, 0.6) is 5.75 Å². The number of para-hydroxylation sites is 2. The van der Waals surface area contributed by atoms with E-state index in [2.05, 4.69) is 10.3 Å². The van der Waals surface area contributed by atoms with E-state index in [-0.39, 0.29) is 5.91 Å². The second kappa shape index (κ2) is 5.86. The van der Waals surface area contributed by atoms with E-state index in [0.717, 1.165) is 0 Å². The largest absolute Gasteiger partial charge is 0.492 e. The third kappa shape index (κ3) is 3.22. The van der Waals surface area contributed by atoms with Crippen molar-refractivity contribution in [3.05, 3.63) is 48.2 Å². The zero-order valence-electron chi connectivity index (χ0n) is 10.6. The van der Waals surface area contributed by atoms with Gasteiger partial charge in [-0.1, -0.05) is 12.1 Å². The molecule has 0 spiro atoms. The van der Waals surface area contributed by atoms with Crippen LogP contribution in [-0.2, 0) is 0 Å². The highest BCUT2D eigenvalue weighted by molar-refractivity contribution is 6.05. The summed E-state index contributed by atoms with van der Waals surface area (Å²) in [5.74, 6) is 0.701. The van der Waals surface area contributed by atoms with Gasteiger partial charge in [-0.3, -0.25) is 4.79 Å². The Bertz CT molecular complexity index is 584. The maximum absolute atomic E-state index is 12.1. The Kier molecular flexibility index (Phi) is 3.97. The number of ether oxygens (including phenoxy) is 1. The number of rotatable bonds is 4. The average molecular weight is 257 g/mol. The summed E-state index contributed by atoms with van der Waals surface area (Å²) in [4.78, 5) is 15.9. The molecule has 0 saturated heterocycles. The van der Waals surface area contributed by atoms with Crippen molar-refractivity contribution in [2.24, 2.45) is 0 Å². The quantitative estimate of drug-likeness (QED) is 0.881. The van der Waals surface area contributed by atoms with Gasteiger partial charge in [0.15, 0.2) is 0 Å². The number of aromatic nitrogens is 1. The summed E-state index contributed by atoms with van der Waals surface area (Å²) in [5, 5.41) is 2.79. The SMILES string of the molecule is CCOc1ccccc1NC(=O)c1ccnc(N)c1. The van der Waals surface area contributed by atoms with E-state index in [0.29, 0.717) is 29.4 Å². The van der Waals surface area contributed by atoms with Gasteiger partial charge in [-0.2, -0.15) is 0 Å². The lowest BCUT2D eigenvalue weighted by atomic mass is 10.2. The van der Waals surface area contributed by atoms with E-state index >= 15 is 0 Å². The summed E-state index contributed by atoms with van der Waals surface area (Å²) in [7, 11) is 0. The van der Waals surface area contributed by atoms with Crippen LogP contribution in [0.2, 0.25) is 0 Å². The molecule has 2 aromatic rings. The normalized spacial score (nSPS) is 9.95. The first kappa shape index (κ1) is 12.9. The molecule has 1 amide bonds. The predicted molar refractivity (Wildman–Crippen MR) is 74.2 cm³/mol. The number of hydrogen-bond donors (Lipinski definition) is 2. The molecule has 1 aromatic heterocycles. The van der Waals surface area contributed by atoms with Crippen molar-refractivity contribution >= 4 is 17.4 Å². The maximum Gasteiger partial charge on any atom is 0.255 e. The molecule has 0 bridgehead atoms. The fourth-order valence-electron chi connectivity index (χ4n) is 1.64. The number of carbonyl (C=O) groups excluding carboxylic acids is 1. The molecular formula is C14H15N3O2. The molecule has 2 rings (SSSR count). The fraction of sp³-hybridized carbons (Fsp3) is 0.143. The van der Waals surface area contributed by atoms with E-state index in [4.69, 9.17) is 10.5 Å². The summed E-state index contributed by atoms with van der Waals surface area (Å²) in [6, 6.07) is 10.4. The Morgan fingerprint density at radius 1 is 1.37 bits per heavy atom. The molecule has 98 valence electrons. The van der Waals surface area contributed by atoms with Gasteiger partial charge >= 0.3 is 0 Å². The third-order valence-electron chi connectivity index (χ3n) is 2.48. The van der Waals surface area contributed by atoms with Crippen molar-refractivity contribution in [2.45, 2.75) is 6.92 Å². The Morgan fingerprint density at radius 3 is 2.89 bits per heavy atom. The van der Waals surface area contributed by atoms with Gasteiger partial charge in [0.1, 0.15) is 11.6 Å². The minimum Gasteiger partial charge on any atom is -0.492 e. The minimum absolute atomic E-state index is 0.249. The van der Waals surface area contributed by atoms with Crippen molar-refractivity contribution in [3.8, 4) is 5.75 Å². The topological polar surface area (TPSA) is 77.2 Å². The van der Waals surface area contributed by atoms with Crippen molar-refractivity contribution in [2.75, 3.05) is 17.7 Å². The highest BCUT2D eigenvalue weighted by Gasteiger charge is 2.09. The van der Waals surface area contributed by atoms with Gasteiger partial charge in [0.05, 0.1) is 12.3 Å². The predicted octanol–water partition coefficient (Wildman–Crippen LogP) is 2.31. The van der Waals surface area contributed by atoms with Gasteiger partial charge < -0.3 is 15.8 Å². The van der Waals surface area contributed by atoms with E-state index in [1.165, 1.54) is 12.3 Å². The zero-order chi connectivity index (χ0) is 13.7. The number of benzene rings is 1. The fourth-order valence-corrected chi connectivity index (χ4v) is 1.64. The maximum atomic E-state index is 12.1. The number of nitrogen functional groups attached to an aromatic ring is 1. The summed E-state index contributed by atoms with van der Waals surface area (Å²) < 4.78 is 5.45. The van der Waals surface area contributed by atoms with Gasteiger partial charge in [0, 0.05) is 11.8 Å². The second-order valence-corrected chi connectivity index (χ2v) is 3.85. The molecule has 0 fully saturated rings. The molecule has 0 aliphatic heterocycles. The van der Waals surface area contributed by atoms with Crippen LogP contribution in [0, 0.1) is 0 Å². The molecule has 0 saturated carbocycles. The summed E-state index contributed by atoms with van der Waals surface area (Å²) >= 11 is 0. The molecule has 0 unspecified atom stereocenters. The first-order chi connectivity index (χ1) is 9.20. The number of amides is 1. The van der Waals surface area contributed by atoms with Crippen molar-refractivity contribution < 1.29 is 9.53 Å². The van der Waals surface area contributed by atoms with Crippen LogP contribution < -0.4 is 15.8 Å². The zero-order valence-corrected chi connectivity index (χ0v) is 10.6. The monoisotopic (exact) mass is 257 g/mol. The van der Waals surface area contributed by atoms with Gasteiger partial charge in [-0.25, -0.2) is 4.98 Å². The molecule has 0 radical (unpaired) electrons. The van der Waals surface area contributed by atoms with Crippen LogP contribution in [-0.4, -0.2) is 17.5 Å². The van der Waals surface area contributed by atoms with E-state index in [1.54, 1.807) is 18.2 Å². The molecule has 0 aliphatic rings. The molecule has 3 N–H and O–H groups in total. The Morgan fingerprint density at radius 2 is 2.16 bits per heavy atom. The molecule has 0 atom stereocenters. The smallest absolute Gasteiger partial charge is 0.255 e. The van der Waals surface area contributed by atoms with Crippen LogP contribution >= 0.6 is 0 Å². The van der Waals surface area contributed by atoms with E-state index < -0.39 is 0 Å². The Hall–Kier alpha value is -2.56. The molecule has 5 heteroatoms. The number of nitrogens with two attached hydrogens (primary N) is 1. The lowest BCUT2D eigenvalue weighted by Gasteiger charge is -2.11. The third-order valence-corrected chi connectivity index (χ3v) is 2.48. The van der Waals surface area contributed by atoms with Gasteiger partial charge in [-0.05, 0) is 31.2 Å². The number of nitrogens with one attached hydrogen (secondary N) is 1. The second-order valence-electron chi connectivity index (χ2n) is 3.85. The summed E-state index contributed by atoms with van der Waals surface area (Å²) in [6.45, 7) is 2.43. The highest BCUT2D eigenvalue weighted by Crippen LogP contribution is 2.24.